The number of thiophene rings is 2. The van der Waals surface area contributed by atoms with Crippen molar-refractivity contribution in [3.63, 3.8) is 0 Å². The number of aromatic nitrogens is 2. The summed E-state index contributed by atoms with van der Waals surface area (Å²) >= 11 is 2.96. The highest BCUT2D eigenvalue weighted by molar-refractivity contribution is 7.19. The Labute approximate surface area is 156 Å². The van der Waals surface area contributed by atoms with Gasteiger partial charge in [-0.1, -0.05) is 24.3 Å². The van der Waals surface area contributed by atoms with Gasteiger partial charge in [-0.3, -0.25) is 4.79 Å². The molecule has 26 heavy (non-hydrogen) atoms. The van der Waals surface area contributed by atoms with Crippen LogP contribution in [0, 0.1) is 0 Å². The van der Waals surface area contributed by atoms with Gasteiger partial charge in [0.15, 0.2) is 11.5 Å². The van der Waals surface area contributed by atoms with E-state index in [-0.39, 0.29) is 11.5 Å². The normalized spacial score (nSPS) is 10.9. The SMILES string of the molecule is O=C(NCc1cc2ccccc2s1)c1nc(-c2cccs2)nc(O)c1O. The fraction of sp³-hybridized carbons (Fsp3) is 0.0556. The molecular weight excluding hydrogens is 370 g/mol. The van der Waals surface area contributed by atoms with Crippen molar-refractivity contribution in [2.75, 3.05) is 0 Å². The Morgan fingerprint density at radius 1 is 1.12 bits per heavy atom. The molecule has 8 heteroatoms. The number of amides is 1. The summed E-state index contributed by atoms with van der Waals surface area (Å²) < 4.78 is 1.14. The highest BCUT2D eigenvalue weighted by atomic mass is 32.1. The second-order valence-corrected chi connectivity index (χ2v) is 7.59. The minimum absolute atomic E-state index is 0.197. The summed E-state index contributed by atoms with van der Waals surface area (Å²) in [7, 11) is 0. The summed E-state index contributed by atoms with van der Waals surface area (Å²) in [6.45, 7) is 0.302. The van der Waals surface area contributed by atoms with Gasteiger partial charge in [0.1, 0.15) is 0 Å². The van der Waals surface area contributed by atoms with Crippen molar-refractivity contribution < 1.29 is 15.0 Å². The first-order chi connectivity index (χ1) is 12.6. The Bertz CT molecular complexity index is 1060. The van der Waals surface area contributed by atoms with Crippen LogP contribution < -0.4 is 5.32 Å². The molecule has 4 aromatic rings. The van der Waals surface area contributed by atoms with Gasteiger partial charge in [-0.15, -0.1) is 22.7 Å². The molecule has 0 atom stereocenters. The standard InChI is InChI=1S/C18H13N3O3S2/c22-15-14(20-16(21-18(15)24)13-6-3-7-25-13)17(23)19-9-11-8-10-4-1-2-5-12(10)26-11/h1-8,22H,9H2,(H,19,23)(H,20,21,24). The lowest BCUT2D eigenvalue weighted by molar-refractivity contribution is 0.0942. The van der Waals surface area contributed by atoms with Crippen LogP contribution >= 0.6 is 22.7 Å². The smallest absolute Gasteiger partial charge is 0.274 e. The Balaban J connectivity index is 1.57. The van der Waals surface area contributed by atoms with E-state index in [4.69, 9.17) is 0 Å². The Kier molecular flexibility index (Phi) is 4.27. The van der Waals surface area contributed by atoms with E-state index in [2.05, 4.69) is 15.3 Å². The van der Waals surface area contributed by atoms with Crippen molar-refractivity contribution in [3.8, 4) is 22.3 Å². The van der Waals surface area contributed by atoms with Crippen LogP contribution in [-0.4, -0.2) is 26.1 Å². The molecule has 3 heterocycles. The summed E-state index contributed by atoms with van der Waals surface area (Å²) in [4.78, 5) is 22.1. The van der Waals surface area contributed by atoms with Crippen molar-refractivity contribution in [2.24, 2.45) is 0 Å². The molecule has 6 nitrogen and oxygen atoms in total. The van der Waals surface area contributed by atoms with Gasteiger partial charge in [0.2, 0.25) is 5.75 Å². The molecule has 0 bridgehead atoms. The summed E-state index contributed by atoms with van der Waals surface area (Å²) in [5, 5.41) is 25.5. The molecule has 130 valence electrons. The average molecular weight is 383 g/mol. The lowest BCUT2D eigenvalue weighted by Crippen LogP contribution is -2.23. The highest BCUT2D eigenvalue weighted by Crippen LogP contribution is 2.30. The maximum atomic E-state index is 12.5. The van der Waals surface area contributed by atoms with Crippen LogP contribution in [0.4, 0.5) is 0 Å². The number of hydrogen-bond acceptors (Lipinski definition) is 7. The van der Waals surface area contributed by atoms with Crippen LogP contribution in [0.1, 0.15) is 15.4 Å². The Morgan fingerprint density at radius 2 is 1.96 bits per heavy atom. The van der Waals surface area contributed by atoms with E-state index < -0.39 is 17.5 Å². The maximum Gasteiger partial charge on any atom is 0.274 e. The molecule has 0 radical (unpaired) electrons. The molecule has 4 rings (SSSR count). The van der Waals surface area contributed by atoms with Gasteiger partial charge in [-0.05, 0) is 29.0 Å². The molecule has 0 saturated carbocycles. The van der Waals surface area contributed by atoms with E-state index in [1.807, 2.05) is 41.8 Å². The zero-order valence-electron chi connectivity index (χ0n) is 13.3. The number of aromatic hydroxyl groups is 2. The molecule has 0 spiro atoms. The van der Waals surface area contributed by atoms with Gasteiger partial charge >= 0.3 is 0 Å². The number of rotatable bonds is 4. The molecule has 0 aliphatic carbocycles. The first-order valence-electron chi connectivity index (χ1n) is 7.71. The minimum Gasteiger partial charge on any atom is -0.501 e. The molecule has 0 unspecified atom stereocenters. The predicted octanol–water partition coefficient (Wildman–Crippen LogP) is 3.76. The first kappa shape index (κ1) is 16.5. The molecule has 0 aliphatic rings. The number of nitrogens with zero attached hydrogens (tertiary/aromatic N) is 2. The van der Waals surface area contributed by atoms with Crippen LogP contribution in [0.3, 0.4) is 0 Å². The molecule has 0 saturated heterocycles. The third-order valence-electron chi connectivity index (χ3n) is 3.72. The minimum atomic E-state index is -0.626. The monoisotopic (exact) mass is 383 g/mol. The summed E-state index contributed by atoms with van der Waals surface area (Å²) in [5.74, 6) is -1.62. The van der Waals surface area contributed by atoms with Crippen LogP contribution in [0.2, 0.25) is 0 Å². The molecule has 3 N–H and O–H groups in total. The van der Waals surface area contributed by atoms with E-state index in [1.165, 1.54) is 11.3 Å². The first-order valence-corrected chi connectivity index (χ1v) is 9.41. The summed E-state index contributed by atoms with van der Waals surface area (Å²) in [6.07, 6.45) is 0. The second-order valence-electron chi connectivity index (χ2n) is 5.48. The van der Waals surface area contributed by atoms with Gasteiger partial charge in [0, 0.05) is 9.58 Å². The van der Waals surface area contributed by atoms with Crippen LogP contribution in [0.5, 0.6) is 11.6 Å². The third kappa shape index (κ3) is 3.12. The largest absolute Gasteiger partial charge is 0.501 e. The van der Waals surface area contributed by atoms with Crippen LogP contribution in [0.25, 0.3) is 20.8 Å². The Hall–Kier alpha value is -2.97. The maximum absolute atomic E-state index is 12.5. The van der Waals surface area contributed by atoms with E-state index in [0.717, 1.165) is 15.0 Å². The van der Waals surface area contributed by atoms with Crippen molar-refractivity contribution in [1.82, 2.24) is 15.3 Å². The lowest BCUT2D eigenvalue weighted by atomic mass is 10.2. The summed E-state index contributed by atoms with van der Waals surface area (Å²) in [5.41, 5.74) is -0.248. The van der Waals surface area contributed by atoms with E-state index in [9.17, 15) is 15.0 Å². The van der Waals surface area contributed by atoms with Crippen LogP contribution in [-0.2, 0) is 6.54 Å². The molecular formula is C18H13N3O3S2. The van der Waals surface area contributed by atoms with E-state index in [1.54, 1.807) is 17.4 Å². The van der Waals surface area contributed by atoms with Crippen LogP contribution in [0.15, 0.2) is 47.8 Å². The van der Waals surface area contributed by atoms with Gasteiger partial charge in [0.05, 0.1) is 11.4 Å². The number of hydrogen-bond donors (Lipinski definition) is 3. The zero-order valence-corrected chi connectivity index (χ0v) is 15.0. The quantitative estimate of drug-likeness (QED) is 0.499. The van der Waals surface area contributed by atoms with Gasteiger partial charge in [-0.2, -0.15) is 4.98 Å². The van der Waals surface area contributed by atoms with Crippen molar-refractivity contribution >= 4 is 38.7 Å². The summed E-state index contributed by atoms with van der Waals surface area (Å²) in [6, 6.07) is 13.6. The predicted molar refractivity (Wildman–Crippen MR) is 102 cm³/mol. The molecule has 1 aromatic carbocycles. The number of nitrogens with one attached hydrogen (secondary N) is 1. The second kappa shape index (κ2) is 6.74. The molecule has 0 aliphatic heterocycles. The fourth-order valence-corrected chi connectivity index (χ4v) is 4.15. The zero-order chi connectivity index (χ0) is 18.1. The number of carbonyl (C=O) groups excluding carboxylic acids is 1. The molecule has 0 fully saturated rings. The Morgan fingerprint density at radius 3 is 2.73 bits per heavy atom. The van der Waals surface area contributed by atoms with E-state index in [0.29, 0.717) is 11.4 Å². The van der Waals surface area contributed by atoms with Crippen molar-refractivity contribution in [1.29, 1.82) is 0 Å². The topological polar surface area (TPSA) is 95.3 Å². The number of fused-ring (bicyclic) bond motifs is 1. The van der Waals surface area contributed by atoms with Crippen molar-refractivity contribution in [2.45, 2.75) is 6.54 Å². The number of carbonyl (C=O) groups is 1. The van der Waals surface area contributed by atoms with Gasteiger partial charge in [-0.25, -0.2) is 4.98 Å². The fourth-order valence-electron chi connectivity index (χ4n) is 2.49. The highest BCUT2D eigenvalue weighted by Gasteiger charge is 2.20. The van der Waals surface area contributed by atoms with Gasteiger partial charge in [0.25, 0.3) is 11.8 Å². The number of benzene rings is 1. The molecule has 3 aromatic heterocycles. The third-order valence-corrected chi connectivity index (χ3v) is 5.70. The van der Waals surface area contributed by atoms with E-state index >= 15 is 0 Å². The average Bonchev–Trinajstić information content (AvgIpc) is 3.31. The van der Waals surface area contributed by atoms with Crippen molar-refractivity contribution in [3.05, 3.63) is 58.4 Å². The van der Waals surface area contributed by atoms with Gasteiger partial charge < -0.3 is 15.5 Å². The lowest BCUT2D eigenvalue weighted by Gasteiger charge is -2.07. The molecule has 1 amide bonds.